The minimum atomic E-state index is -0.481. The van der Waals surface area contributed by atoms with Gasteiger partial charge in [-0.25, -0.2) is 8.78 Å². The molecule has 21 heavy (non-hydrogen) atoms. The SMILES string of the molecule is CNC(c1ccc(F)c(Cl)c1)c1cc2cccc(F)c2o1. The Hall–Kier alpha value is -1.91. The van der Waals surface area contributed by atoms with Gasteiger partial charge in [0, 0.05) is 5.39 Å². The van der Waals surface area contributed by atoms with Crippen LogP contribution in [0.25, 0.3) is 11.0 Å². The molecule has 3 aromatic rings. The molecule has 0 aliphatic rings. The van der Waals surface area contributed by atoms with E-state index in [4.69, 9.17) is 16.0 Å². The maximum Gasteiger partial charge on any atom is 0.169 e. The molecule has 0 aliphatic heterocycles. The topological polar surface area (TPSA) is 25.2 Å². The summed E-state index contributed by atoms with van der Waals surface area (Å²) in [6.07, 6.45) is 0. The quantitative estimate of drug-likeness (QED) is 0.760. The van der Waals surface area contributed by atoms with Gasteiger partial charge in [0.15, 0.2) is 11.4 Å². The van der Waals surface area contributed by atoms with Crippen LogP contribution in [0, 0.1) is 11.6 Å². The van der Waals surface area contributed by atoms with Crippen molar-refractivity contribution in [1.82, 2.24) is 5.32 Å². The van der Waals surface area contributed by atoms with Crippen molar-refractivity contribution in [3.8, 4) is 0 Å². The van der Waals surface area contributed by atoms with Gasteiger partial charge in [-0.1, -0.05) is 29.8 Å². The lowest BCUT2D eigenvalue weighted by atomic mass is 10.0. The van der Waals surface area contributed by atoms with Gasteiger partial charge in [-0.15, -0.1) is 0 Å². The predicted octanol–water partition coefficient (Wildman–Crippen LogP) is 4.67. The van der Waals surface area contributed by atoms with Gasteiger partial charge in [-0.3, -0.25) is 0 Å². The second-order valence-electron chi connectivity index (χ2n) is 4.70. The number of fused-ring (bicyclic) bond motifs is 1. The molecule has 1 unspecified atom stereocenters. The Morgan fingerprint density at radius 1 is 1.10 bits per heavy atom. The summed E-state index contributed by atoms with van der Waals surface area (Å²) in [6, 6.07) is 10.6. The van der Waals surface area contributed by atoms with E-state index in [1.807, 2.05) is 0 Å². The van der Waals surface area contributed by atoms with Crippen LogP contribution in [0.15, 0.2) is 46.9 Å². The van der Waals surface area contributed by atoms with Gasteiger partial charge in [0.2, 0.25) is 0 Å². The molecule has 1 heterocycles. The molecule has 0 amide bonds. The summed E-state index contributed by atoms with van der Waals surface area (Å²) >= 11 is 5.81. The van der Waals surface area contributed by atoms with Crippen LogP contribution >= 0.6 is 11.6 Å². The smallest absolute Gasteiger partial charge is 0.169 e. The summed E-state index contributed by atoms with van der Waals surface area (Å²) in [5.74, 6) is -0.350. The van der Waals surface area contributed by atoms with Crippen molar-refractivity contribution in [3.05, 3.63) is 70.4 Å². The van der Waals surface area contributed by atoms with Crippen LogP contribution in [0.5, 0.6) is 0 Å². The normalized spacial score (nSPS) is 12.8. The van der Waals surface area contributed by atoms with Gasteiger partial charge in [-0.2, -0.15) is 0 Å². The largest absolute Gasteiger partial charge is 0.456 e. The Morgan fingerprint density at radius 2 is 1.90 bits per heavy atom. The first-order valence-corrected chi connectivity index (χ1v) is 6.78. The lowest BCUT2D eigenvalue weighted by Gasteiger charge is -2.14. The fourth-order valence-electron chi connectivity index (χ4n) is 2.35. The summed E-state index contributed by atoms with van der Waals surface area (Å²) in [5.41, 5.74) is 0.948. The molecule has 0 saturated carbocycles. The Balaban J connectivity index is 2.09. The molecule has 3 rings (SSSR count). The molecule has 2 nitrogen and oxygen atoms in total. The summed E-state index contributed by atoms with van der Waals surface area (Å²) < 4.78 is 32.6. The molecule has 1 N–H and O–H groups in total. The van der Waals surface area contributed by atoms with E-state index in [0.717, 1.165) is 5.56 Å². The molecule has 0 saturated heterocycles. The van der Waals surface area contributed by atoms with Crippen molar-refractivity contribution in [1.29, 1.82) is 0 Å². The van der Waals surface area contributed by atoms with Crippen LogP contribution in [-0.4, -0.2) is 7.05 Å². The number of hydrogen-bond donors (Lipinski definition) is 1. The highest BCUT2D eigenvalue weighted by molar-refractivity contribution is 6.30. The molecule has 0 fully saturated rings. The molecule has 0 bridgehead atoms. The third-order valence-electron chi connectivity index (χ3n) is 3.37. The van der Waals surface area contributed by atoms with E-state index < -0.39 is 11.6 Å². The van der Waals surface area contributed by atoms with Crippen molar-refractivity contribution in [2.75, 3.05) is 7.05 Å². The van der Waals surface area contributed by atoms with Crippen LogP contribution in [0.3, 0.4) is 0 Å². The van der Waals surface area contributed by atoms with Crippen molar-refractivity contribution in [2.45, 2.75) is 6.04 Å². The van der Waals surface area contributed by atoms with Crippen LogP contribution in [0.1, 0.15) is 17.4 Å². The first-order chi connectivity index (χ1) is 10.1. The standard InChI is InChI=1S/C16H12ClF2NO/c1-20-15(9-5-6-12(18)11(17)7-9)14-8-10-3-2-4-13(19)16(10)21-14/h2-8,15,20H,1H3. The number of para-hydroxylation sites is 1. The highest BCUT2D eigenvalue weighted by Gasteiger charge is 2.19. The monoisotopic (exact) mass is 307 g/mol. The fraction of sp³-hybridized carbons (Fsp3) is 0.125. The van der Waals surface area contributed by atoms with Crippen molar-refractivity contribution in [3.63, 3.8) is 0 Å². The maximum atomic E-state index is 13.7. The Bertz CT molecular complexity index is 800. The van der Waals surface area contributed by atoms with E-state index in [9.17, 15) is 8.78 Å². The second-order valence-corrected chi connectivity index (χ2v) is 5.11. The molecule has 5 heteroatoms. The first kappa shape index (κ1) is 14.0. The average molecular weight is 308 g/mol. The Morgan fingerprint density at radius 3 is 2.57 bits per heavy atom. The summed E-state index contributed by atoms with van der Waals surface area (Å²) in [4.78, 5) is 0. The van der Waals surface area contributed by atoms with E-state index in [0.29, 0.717) is 11.1 Å². The van der Waals surface area contributed by atoms with E-state index >= 15 is 0 Å². The van der Waals surface area contributed by atoms with Crippen molar-refractivity contribution < 1.29 is 13.2 Å². The Labute approximate surface area is 125 Å². The lowest BCUT2D eigenvalue weighted by Crippen LogP contribution is -2.17. The average Bonchev–Trinajstić information content (AvgIpc) is 2.89. The molecule has 0 spiro atoms. The van der Waals surface area contributed by atoms with Crippen LogP contribution in [0.4, 0.5) is 8.78 Å². The Kier molecular flexibility index (Phi) is 3.66. The summed E-state index contributed by atoms with van der Waals surface area (Å²) in [6.45, 7) is 0. The zero-order chi connectivity index (χ0) is 15.0. The third-order valence-corrected chi connectivity index (χ3v) is 3.65. The van der Waals surface area contributed by atoms with Crippen LogP contribution in [0.2, 0.25) is 5.02 Å². The first-order valence-electron chi connectivity index (χ1n) is 6.40. The van der Waals surface area contributed by atoms with Gasteiger partial charge >= 0.3 is 0 Å². The zero-order valence-corrected chi connectivity index (χ0v) is 11.9. The highest BCUT2D eigenvalue weighted by Crippen LogP contribution is 2.30. The molecule has 0 radical (unpaired) electrons. The third kappa shape index (κ3) is 2.52. The maximum absolute atomic E-state index is 13.7. The number of furan rings is 1. The number of hydrogen-bond acceptors (Lipinski definition) is 2. The van der Waals surface area contributed by atoms with E-state index in [1.54, 1.807) is 31.3 Å². The van der Waals surface area contributed by atoms with E-state index in [1.165, 1.54) is 18.2 Å². The molecule has 108 valence electrons. The molecular weight excluding hydrogens is 296 g/mol. The van der Waals surface area contributed by atoms with E-state index in [-0.39, 0.29) is 16.6 Å². The van der Waals surface area contributed by atoms with Crippen LogP contribution in [-0.2, 0) is 0 Å². The van der Waals surface area contributed by atoms with Crippen molar-refractivity contribution in [2.24, 2.45) is 0 Å². The fourth-order valence-corrected chi connectivity index (χ4v) is 2.54. The second kappa shape index (κ2) is 5.47. The van der Waals surface area contributed by atoms with Crippen molar-refractivity contribution >= 4 is 22.6 Å². The van der Waals surface area contributed by atoms with Crippen LogP contribution < -0.4 is 5.32 Å². The summed E-state index contributed by atoms with van der Waals surface area (Å²) in [7, 11) is 1.74. The van der Waals surface area contributed by atoms with Gasteiger partial charge in [0.05, 0.1) is 11.1 Å². The highest BCUT2D eigenvalue weighted by atomic mass is 35.5. The molecule has 1 aromatic heterocycles. The molecule has 2 aromatic carbocycles. The predicted molar refractivity (Wildman–Crippen MR) is 78.5 cm³/mol. The zero-order valence-electron chi connectivity index (χ0n) is 11.2. The molecule has 1 atom stereocenters. The minimum absolute atomic E-state index is 0.0371. The number of halogens is 3. The summed E-state index contributed by atoms with van der Waals surface area (Å²) in [5, 5.41) is 3.78. The number of nitrogens with one attached hydrogen (secondary N) is 1. The van der Waals surface area contributed by atoms with Gasteiger partial charge in [-0.05, 0) is 36.9 Å². The molecular formula is C16H12ClF2NO. The number of rotatable bonds is 3. The van der Waals surface area contributed by atoms with Gasteiger partial charge < -0.3 is 9.73 Å². The number of benzene rings is 2. The van der Waals surface area contributed by atoms with Gasteiger partial charge in [0.25, 0.3) is 0 Å². The van der Waals surface area contributed by atoms with E-state index in [2.05, 4.69) is 5.32 Å². The van der Waals surface area contributed by atoms with Gasteiger partial charge in [0.1, 0.15) is 11.6 Å². The lowest BCUT2D eigenvalue weighted by molar-refractivity contribution is 0.476. The molecule has 0 aliphatic carbocycles. The minimum Gasteiger partial charge on any atom is -0.456 e.